The number of fused-ring (bicyclic) bond motifs is 1. The third-order valence-electron chi connectivity index (χ3n) is 4.82. The number of benzene rings is 1. The van der Waals surface area contributed by atoms with Crippen molar-refractivity contribution in [2.45, 2.75) is 26.4 Å². The van der Waals surface area contributed by atoms with Gasteiger partial charge in [0.1, 0.15) is 18.0 Å². The number of carbonyl (C=O) groups excluding carboxylic acids is 1. The molecule has 1 aromatic rings. The van der Waals surface area contributed by atoms with Crippen molar-refractivity contribution in [2.75, 3.05) is 32.8 Å². The van der Waals surface area contributed by atoms with Gasteiger partial charge >= 0.3 is 6.09 Å². The van der Waals surface area contributed by atoms with Crippen LogP contribution in [0.2, 0.25) is 0 Å². The van der Waals surface area contributed by atoms with Crippen molar-refractivity contribution in [1.29, 1.82) is 0 Å². The molecule has 138 valence electrons. The van der Waals surface area contributed by atoms with Crippen molar-refractivity contribution in [3.8, 4) is 5.75 Å². The number of carbonyl (C=O) groups is 1. The fourth-order valence-electron chi connectivity index (χ4n) is 3.56. The molecular weight excluding hydrogens is 384 g/mol. The molecule has 2 aliphatic rings. The van der Waals surface area contributed by atoms with Crippen LogP contribution in [0.3, 0.4) is 0 Å². The van der Waals surface area contributed by atoms with E-state index in [2.05, 4.69) is 26.1 Å². The predicted octanol–water partition coefficient (Wildman–Crippen LogP) is 3.53. The van der Waals surface area contributed by atoms with Crippen molar-refractivity contribution in [2.24, 2.45) is 17.8 Å². The number of likely N-dealkylation sites (tertiary alicyclic amines) is 1. The molecule has 5 nitrogen and oxygen atoms in total. The summed E-state index contributed by atoms with van der Waals surface area (Å²) in [6.45, 7) is 10.3. The first-order valence-corrected chi connectivity index (χ1v) is 9.69. The monoisotopic (exact) mass is 410 g/mol. The molecule has 1 aliphatic carbocycles. The van der Waals surface area contributed by atoms with Gasteiger partial charge in [-0.3, -0.25) is 4.90 Å². The van der Waals surface area contributed by atoms with Gasteiger partial charge in [0.05, 0.1) is 0 Å². The Morgan fingerprint density at radius 3 is 2.48 bits per heavy atom. The summed E-state index contributed by atoms with van der Waals surface area (Å²) < 4.78 is 12.1. The maximum absolute atomic E-state index is 11.7. The van der Waals surface area contributed by atoms with Crippen LogP contribution in [0.4, 0.5) is 4.79 Å². The molecule has 1 N–H and O–H groups in total. The molecule has 6 heteroatoms. The highest BCUT2D eigenvalue weighted by atomic mass is 79.9. The van der Waals surface area contributed by atoms with E-state index in [1.54, 1.807) is 0 Å². The summed E-state index contributed by atoms with van der Waals surface area (Å²) in [5.41, 5.74) is -0.435. The number of alkyl carbamates (subject to hydrolysis) is 1. The second kappa shape index (κ2) is 7.54. The lowest BCUT2D eigenvalue weighted by atomic mass is 10.2. The summed E-state index contributed by atoms with van der Waals surface area (Å²) in [5, 5.41) is 2.91. The van der Waals surface area contributed by atoms with Crippen LogP contribution in [-0.2, 0) is 4.74 Å². The van der Waals surface area contributed by atoms with Crippen LogP contribution in [0.15, 0.2) is 28.7 Å². The largest absolute Gasteiger partial charge is 0.492 e. The molecule has 1 heterocycles. The molecule has 3 rings (SSSR count). The van der Waals surface area contributed by atoms with E-state index in [0.717, 1.165) is 36.4 Å². The highest BCUT2D eigenvalue weighted by Gasteiger charge is 2.55. The van der Waals surface area contributed by atoms with Gasteiger partial charge in [-0.25, -0.2) is 4.79 Å². The summed E-state index contributed by atoms with van der Waals surface area (Å²) in [6.07, 6.45) is -0.308. The van der Waals surface area contributed by atoms with Gasteiger partial charge in [0.15, 0.2) is 0 Å². The second-order valence-corrected chi connectivity index (χ2v) is 8.85. The maximum atomic E-state index is 11.7. The molecular formula is C19H27BrN2O3. The molecule has 0 spiro atoms. The molecule has 0 radical (unpaired) electrons. The topological polar surface area (TPSA) is 50.8 Å². The minimum atomic E-state index is -0.435. The second-order valence-electron chi connectivity index (χ2n) is 7.94. The zero-order chi connectivity index (χ0) is 18.0. The van der Waals surface area contributed by atoms with Gasteiger partial charge in [-0.05, 0) is 62.8 Å². The SMILES string of the molecule is CC(C)(C)OC(=O)NCC1[C@H]2CN(CCOc3ccc(Br)cc3)C[C@@H]12. The van der Waals surface area contributed by atoms with Gasteiger partial charge in [0.2, 0.25) is 0 Å². The molecule has 1 amide bonds. The van der Waals surface area contributed by atoms with E-state index in [0.29, 0.717) is 24.4 Å². The van der Waals surface area contributed by atoms with E-state index in [1.807, 2.05) is 45.0 Å². The van der Waals surface area contributed by atoms with E-state index >= 15 is 0 Å². The third kappa shape index (κ3) is 5.35. The molecule has 0 aromatic heterocycles. The van der Waals surface area contributed by atoms with Crippen LogP contribution in [0.5, 0.6) is 5.75 Å². The van der Waals surface area contributed by atoms with Crippen molar-refractivity contribution in [1.82, 2.24) is 10.2 Å². The summed E-state index contributed by atoms with van der Waals surface area (Å²) in [7, 11) is 0. The molecule has 1 aliphatic heterocycles. The van der Waals surface area contributed by atoms with Crippen LogP contribution < -0.4 is 10.1 Å². The molecule has 25 heavy (non-hydrogen) atoms. The number of piperidine rings is 1. The minimum Gasteiger partial charge on any atom is -0.492 e. The number of hydrogen-bond donors (Lipinski definition) is 1. The molecule has 3 atom stereocenters. The highest BCUT2D eigenvalue weighted by Crippen LogP contribution is 2.51. The number of nitrogens with one attached hydrogen (secondary N) is 1. The Bertz CT molecular complexity index is 588. The quantitative estimate of drug-likeness (QED) is 0.778. The first-order chi connectivity index (χ1) is 11.8. The van der Waals surface area contributed by atoms with Gasteiger partial charge < -0.3 is 14.8 Å². The van der Waals surface area contributed by atoms with E-state index in [-0.39, 0.29) is 6.09 Å². The minimum absolute atomic E-state index is 0.308. The Morgan fingerprint density at radius 2 is 1.88 bits per heavy atom. The number of nitrogens with zero attached hydrogens (tertiary/aromatic N) is 1. The Hall–Kier alpha value is -1.27. The summed E-state index contributed by atoms with van der Waals surface area (Å²) in [6, 6.07) is 7.93. The lowest BCUT2D eigenvalue weighted by Crippen LogP contribution is -2.35. The molecule has 1 unspecified atom stereocenters. The molecule has 1 saturated heterocycles. The van der Waals surface area contributed by atoms with Crippen LogP contribution in [-0.4, -0.2) is 49.4 Å². The van der Waals surface area contributed by atoms with Gasteiger partial charge in [0.25, 0.3) is 0 Å². The van der Waals surface area contributed by atoms with Crippen LogP contribution in [0, 0.1) is 17.8 Å². The van der Waals surface area contributed by atoms with E-state index in [1.165, 1.54) is 0 Å². The van der Waals surface area contributed by atoms with Crippen LogP contribution >= 0.6 is 15.9 Å². The third-order valence-corrected chi connectivity index (χ3v) is 5.35. The maximum Gasteiger partial charge on any atom is 0.407 e. The Morgan fingerprint density at radius 1 is 1.24 bits per heavy atom. The van der Waals surface area contributed by atoms with Gasteiger partial charge in [0, 0.05) is 30.7 Å². The van der Waals surface area contributed by atoms with Gasteiger partial charge in [-0.2, -0.15) is 0 Å². The lowest BCUT2D eigenvalue weighted by molar-refractivity contribution is 0.0522. The molecule has 2 fully saturated rings. The summed E-state index contributed by atoms with van der Waals surface area (Å²) in [4.78, 5) is 14.2. The molecule has 1 aromatic carbocycles. The Labute approximate surface area is 158 Å². The standard InChI is InChI=1S/C19H27BrN2O3/c1-19(2,3)25-18(23)21-10-15-16-11-22(12-17(15)16)8-9-24-14-6-4-13(20)5-7-14/h4-7,15-17H,8-12H2,1-3H3,(H,21,23)/t15?,16-,17+. The smallest absolute Gasteiger partial charge is 0.407 e. The number of hydrogen-bond acceptors (Lipinski definition) is 4. The summed E-state index contributed by atoms with van der Waals surface area (Å²) >= 11 is 3.42. The van der Waals surface area contributed by atoms with Crippen molar-refractivity contribution in [3.63, 3.8) is 0 Å². The molecule has 0 bridgehead atoms. The van der Waals surface area contributed by atoms with Gasteiger partial charge in [-0.15, -0.1) is 0 Å². The van der Waals surface area contributed by atoms with E-state index in [9.17, 15) is 4.79 Å². The van der Waals surface area contributed by atoms with E-state index < -0.39 is 5.60 Å². The number of amides is 1. The lowest BCUT2D eigenvalue weighted by Gasteiger charge is -2.21. The van der Waals surface area contributed by atoms with E-state index in [4.69, 9.17) is 9.47 Å². The van der Waals surface area contributed by atoms with Crippen LogP contribution in [0.25, 0.3) is 0 Å². The zero-order valence-corrected chi connectivity index (χ0v) is 16.7. The fourth-order valence-corrected chi connectivity index (χ4v) is 3.83. The average molecular weight is 411 g/mol. The highest BCUT2D eigenvalue weighted by molar-refractivity contribution is 9.10. The van der Waals surface area contributed by atoms with Crippen molar-refractivity contribution in [3.05, 3.63) is 28.7 Å². The number of halogens is 1. The Balaban J connectivity index is 1.29. The van der Waals surface area contributed by atoms with Crippen molar-refractivity contribution < 1.29 is 14.3 Å². The first-order valence-electron chi connectivity index (χ1n) is 8.89. The zero-order valence-electron chi connectivity index (χ0n) is 15.1. The summed E-state index contributed by atoms with van der Waals surface area (Å²) in [5.74, 6) is 2.94. The average Bonchev–Trinajstić information content (AvgIpc) is 2.97. The number of rotatable bonds is 6. The van der Waals surface area contributed by atoms with Crippen LogP contribution in [0.1, 0.15) is 20.8 Å². The Kier molecular flexibility index (Phi) is 5.58. The number of ether oxygens (including phenoxy) is 2. The van der Waals surface area contributed by atoms with Gasteiger partial charge in [-0.1, -0.05) is 15.9 Å². The first kappa shape index (κ1) is 18.5. The molecule has 1 saturated carbocycles. The normalized spacial score (nSPS) is 25.4. The van der Waals surface area contributed by atoms with Crippen molar-refractivity contribution >= 4 is 22.0 Å². The predicted molar refractivity (Wildman–Crippen MR) is 101 cm³/mol. The fraction of sp³-hybridized carbons (Fsp3) is 0.632.